The van der Waals surface area contributed by atoms with Crippen molar-refractivity contribution in [3.63, 3.8) is 0 Å². The largest absolute Gasteiger partial charge is 0.493 e. The molecule has 0 spiro atoms. The van der Waals surface area contributed by atoms with Crippen molar-refractivity contribution in [3.05, 3.63) is 23.1 Å². The highest BCUT2D eigenvalue weighted by Crippen LogP contribution is 2.31. The van der Waals surface area contributed by atoms with E-state index in [0.29, 0.717) is 28.3 Å². The molecule has 0 saturated heterocycles. The SMILES string of the molecule is CCOC(=O)Cn1cnc2cc(OC)c(OC)cc2c1=S. The molecule has 0 N–H and O–H groups in total. The molecule has 7 heteroatoms. The third-order valence-electron chi connectivity index (χ3n) is 2.93. The van der Waals surface area contributed by atoms with Crippen molar-refractivity contribution >= 4 is 29.1 Å². The number of esters is 1. The molecule has 0 aliphatic carbocycles. The number of methoxy groups -OCH3 is 2. The van der Waals surface area contributed by atoms with Crippen LogP contribution in [0.5, 0.6) is 11.5 Å². The Kier molecular flexibility index (Phi) is 4.74. The summed E-state index contributed by atoms with van der Waals surface area (Å²) in [4.78, 5) is 15.9. The van der Waals surface area contributed by atoms with E-state index in [1.165, 1.54) is 6.33 Å². The smallest absolute Gasteiger partial charge is 0.326 e. The lowest BCUT2D eigenvalue weighted by molar-refractivity contribution is -0.143. The number of fused-ring (bicyclic) bond motifs is 1. The Morgan fingerprint density at radius 1 is 1.29 bits per heavy atom. The highest BCUT2D eigenvalue weighted by molar-refractivity contribution is 7.71. The molecule has 2 rings (SSSR count). The van der Waals surface area contributed by atoms with Gasteiger partial charge >= 0.3 is 5.97 Å². The Morgan fingerprint density at radius 2 is 1.95 bits per heavy atom. The Bertz CT molecular complexity index is 727. The van der Waals surface area contributed by atoms with Gasteiger partial charge in [-0.3, -0.25) is 4.79 Å². The van der Waals surface area contributed by atoms with Crippen molar-refractivity contribution in [1.29, 1.82) is 0 Å². The van der Waals surface area contributed by atoms with Crippen LogP contribution in [0.2, 0.25) is 0 Å². The van der Waals surface area contributed by atoms with Crippen molar-refractivity contribution in [2.24, 2.45) is 0 Å². The first-order valence-corrected chi connectivity index (χ1v) is 6.78. The first-order valence-electron chi connectivity index (χ1n) is 6.37. The van der Waals surface area contributed by atoms with Gasteiger partial charge in [0.05, 0.1) is 32.7 Å². The number of hydrogen-bond acceptors (Lipinski definition) is 6. The standard InChI is InChI=1S/C14H16N2O4S/c1-4-20-13(17)7-16-8-15-10-6-12(19-3)11(18-2)5-9(10)14(16)21/h5-6,8H,4,7H2,1-3H3. The average molecular weight is 308 g/mol. The van der Waals surface area contributed by atoms with Crippen LogP contribution in [0.15, 0.2) is 18.5 Å². The Labute approximate surface area is 127 Å². The predicted molar refractivity (Wildman–Crippen MR) is 80.3 cm³/mol. The number of benzene rings is 1. The maximum absolute atomic E-state index is 11.6. The quantitative estimate of drug-likeness (QED) is 0.624. The number of carbonyl (C=O) groups is 1. The minimum absolute atomic E-state index is 0.0317. The summed E-state index contributed by atoms with van der Waals surface area (Å²) in [6, 6.07) is 3.50. The molecule has 6 nitrogen and oxygen atoms in total. The monoisotopic (exact) mass is 308 g/mol. The van der Waals surface area contributed by atoms with Gasteiger partial charge in [-0.1, -0.05) is 12.2 Å². The van der Waals surface area contributed by atoms with Gasteiger partial charge in [-0.25, -0.2) is 4.98 Å². The van der Waals surface area contributed by atoms with Crippen LogP contribution in [0.25, 0.3) is 10.9 Å². The normalized spacial score (nSPS) is 10.4. The molecule has 1 aromatic heterocycles. The third kappa shape index (κ3) is 3.13. The minimum atomic E-state index is -0.352. The van der Waals surface area contributed by atoms with Gasteiger partial charge in [-0.2, -0.15) is 0 Å². The molecule has 112 valence electrons. The van der Waals surface area contributed by atoms with Crippen molar-refractivity contribution in [2.75, 3.05) is 20.8 Å². The van der Waals surface area contributed by atoms with Gasteiger partial charge in [-0.05, 0) is 13.0 Å². The summed E-state index contributed by atoms with van der Waals surface area (Å²) in [5.74, 6) is 0.789. The van der Waals surface area contributed by atoms with Crippen LogP contribution in [-0.4, -0.2) is 36.3 Å². The molecule has 0 saturated carbocycles. The van der Waals surface area contributed by atoms with Gasteiger partial charge in [0.1, 0.15) is 11.2 Å². The molecule has 0 aliphatic rings. The summed E-state index contributed by atoms with van der Waals surface area (Å²) in [6.45, 7) is 2.12. The second-order valence-electron chi connectivity index (χ2n) is 4.21. The first-order chi connectivity index (χ1) is 10.1. The summed E-state index contributed by atoms with van der Waals surface area (Å²) in [7, 11) is 3.11. The molecule has 1 heterocycles. The highest BCUT2D eigenvalue weighted by atomic mass is 32.1. The van der Waals surface area contributed by atoms with Crippen LogP contribution in [0.4, 0.5) is 0 Å². The second kappa shape index (κ2) is 6.53. The summed E-state index contributed by atoms with van der Waals surface area (Å²) in [5, 5.41) is 0.717. The van der Waals surface area contributed by atoms with Crippen LogP contribution in [0, 0.1) is 4.64 Å². The molecule has 0 unspecified atom stereocenters. The van der Waals surface area contributed by atoms with Gasteiger partial charge in [0, 0.05) is 11.5 Å². The van der Waals surface area contributed by atoms with Crippen molar-refractivity contribution in [3.8, 4) is 11.5 Å². The molecule has 21 heavy (non-hydrogen) atoms. The lowest BCUT2D eigenvalue weighted by atomic mass is 10.2. The van der Waals surface area contributed by atoms with Crippen molar-refractivity contribution in [2.45, 2.75) is 13.5 Å². The van der Waals surface area contributed by atoms with Crippen molar-refractivity contribution < 1.29 is 19.0 Å². The van der Waals surface area contributed by atoms with E-state index >= 15 is 0 Å². The summed E-state index contributed by atoms with van der Waals surface area (Å²) in [5.41, 5.74) is 0.678. The van der Waals surface area contributed by atoms with Crippen LogP contribution >= 0.6 is 12.2 Å². The summed E-state index contributed by atoms with van der Waals surface area (Å²) in [6.07, 6.45) is 1.52. The number of rotatable bonds is 5. The Balaban J connectivity index is 2.51. The molecule has 0 amide bonds. The van der Waals surface area contributed by atoms with Gasteiger partial charge in [0.15, 0.2) is 11.5 Å². The lowest BCUT2D eigenvalue weighted by Crippen LogP contribution is -2.14. The average Bonchev–Trinajstić information content (AvgIpc) is 2.49. The number of ether oxygens (including phenoxy) is 3. The third-order valence-corrected chi connectivity index (χ3v) is 3.39. The van der Waals surface area contributed by atoms with Crippen LogP contribution in [0.1, 0.15) is 6.92 Å². The van der Waals surface area contributed by atoms with E-state index in [1.807, 2.05) is 0 Å². The number of carbonyl (C=O) groups excluding carboxylic acids is 1. The van der Waals surface area contributed by atoms with Crippen LogP contribution < -0.4 is 9.47 Å². The van der Waals surface area contributed by atoms with Gasteiger partial charge in [0.2, 0.25) is 0 Å². The first kappa shape index (κ1) is 15.2. The maximum atomic E-state index is 11.6. The fourth-order valence-corrected chi connectivity index (χ4v) is 2.22. The maximum Gasteiger partial charge on any atom is 0.326 e. The number of hydrogen-bond donors (Lipinski definition) is 0. The minimum Gasteiger partial charge on any atom is -0.493 e. The highest BCUT2D eigenvalue weighted by Gasteiger charge is 2.11. The van der Waals surface area contributed by atoms with E-state index in [9.17, 15) is 4.79 Å². The molecular formula is C14H16N2O4S. The van der Waals surface area contributed by atoms with Gasteiger partial charge in [-0.15, -0.1) is 0 Å². The number of nitrogens with zero attached hydrogens (tertiary/aromatic N) is 2. The molecule has 1 aromatic carbocycles. The predicted octanol–water partition coefficient (Wildman–Crippen LogP) is 2.35. The molecule has 0 fully saturated rings. The van der Waals surface area contributed by atoms with Crippen molar-refractivity contribution in [1.82, 2.24) is 9.55 Å². The van der Waals surface area contributed by atoms with E-state index in [1.54, 1.807) is 37.8 Å². The van der Waals surface area contributed by atoms with Crippen LogP contribution in [0.3, 0.4) is 0 Å². The molecule has 0 bridgehead atoms. The second-order valence-corrected chi connectivity index (χ2v) is 4.59. The fourth-order valence-electron chi connectivity index (χ4n) is 1.94. The van der Waals surface area contributed by atoms with E-state index in [0.717, 1.165) is 5.39 Å². The Hall–Kier alpha value is -2.15. The summed E-state index contributed by atoms with van der Waals surface area (Å²) >= 11 is 5.40. The number of aromatic nitrogens is 2. The topological polar surface area (TPSA) is 62.6 Å². The molecule has 0 atom stereocenters. The lowest BCUT2D eigenvalue weighted by Gasteiger charge is -2.11. The fraction of sp³-hybridized carbons (Fsp3) is 0.357. The molecular weight excluding hydrogens is 292 g/mol. The zero-order valence-corrected chi connectivity index (χ0v) is 12.9. The van der Waals surface area contributed by atoms with Gasteiger partial charge in [0.25, 0.3) is 0 Å². The van der Waals surface area contributed by atoms with E-state index in [4.69, 9.17) is 26.4 Å². The molecule has 0 aliphatic heterocycles. The van der Waals surface area contributed by atoms with Gasteiger partial charge < -0.3 is 18.8 Å². The van der Waals surface area contributed by atoms with E-state index in [-0.39, 0.29) is 12.5 Å². The Morgan fingerprint density at radius 3 is 2.57 bits per heavy atom. The summed E-state index contributed by atoms with van der Waals surface area (Å²) < 4.78 is 17.5. The van der Waals surface area contributed by atoms with E-state index < -0.39 is 0 Å². The molecule has 2 aromatic rings. The molecule has 0 radical (unpaired) electrons. The zero-order valence-electron chi connectivity index (χ0n) is 12.1. The van der Waals surface area contributed by atoms with Crippen LogP contribution in [-0.2, 0) is 16.1 Å². The van der Waals surface area contributed by atoms with E-state index in [2.05, 4.69) is 4.98 Å². The zero-order chi connectivity index (χ0) is 15.4.